The predicted octanol–water partition coefficient (Wildman–Crippen LogP) is 2.45. The van der Waals surface area contributed by atoms with Gasteiger partial charge >= 0.3 is 0 Å². The molecule has 0 atom stereocenters. The fraction of sp³-hybridized carbons (Fsp3) is 0.231. The number of carbonyl (C=O) groups excluding carboxylic acids is 1. The minimum Gasteiger partial charge on any atom is -0.491 e. The number of nitrogens with one attached hydrogen (secondary N) is 2. The number of anilines is 1. The second-order valence-corrected chi connectivity index (χ2v) is 4.14. The molecular weight excluding hydrogens is 230 g/mol. The Morgan fingerprint density at radius 2 is 2.28 bits per heavy atom. The van der Waals surface area contributed by atoms with E-state index >= 15 is 0 Å². The Balaban J connectivity index is 2.10. The SMILES string of the molecule is CC(C)Oc1cccc(C(=O)Nc2cn[nH]c2)c1. The van der Waals surface area contributed by atoms with Crippen LogP contribution in [0.1, 0.15) is 24.2 Å². The number of benzene rings is 1. The molecule has 18 heavy (non-hydrogen) atoms. The highest BCUT2D eigenvalue weighted by Crippen LogP contribution is 2.16. The van der Waals surface area contributed by atoms with Gasteiger partial charge in [-0.2, -0.15) is 5.10 Å². The van der Waals surface area contributed by atoms with Crippen LogP contribution in [0, 0.1) is 0 Å². The molecule has 1 aromatic carbocycles. The Labute approximate surface area is 105 Å². The molecule has 5 nitrogen and oxygen atoms in total. The molecule has 0 fully saturated rings. The standard InChI is InChI=1S/C13H15N3O2/c1-9(2)18-12-5-3-4-10(6-12)13(17)16-11-7-14-15-8-11/h3-9H,1-2H3,(H,14,15)(H,16,17). The van der Waals surface area contributed by atoms with Gasteiger partial charge in [-0.15, -0.1) is 0 Å². The summed E-state index contributed by atoms with van der Waals surface area (Å²) >= 11 is 0. The van der Waals surface area contributed by atoms with Crippen LogP contribution in [0.15, 0.2) is 36.7 Å². The van der Waals surface area contributed by atoms with Crippen molar-refractivity contribution in [3.05, 3.63) is 42.2 Å². The third-order valence-corrected chi connectivity index (χ3v) is 2.22. The molecule has 0 saturated carbocycles. The Kier molecular flexibility index (Phi) is 3.62. The summed E-state index contributed by atoms with van der Waals surface area (Å²) in [5, 5.41) is 9.13. The highest BCUT2D eigenvalue weighted by Gasteiger charge is 2.08. The van der Waals surface area contributed by atoms with Gasteiger partial charge in [0.15, 0.2) is 0 Å². The van der Waals surface area contributed by atoms with Crippen molar-refractivity contribution in [2.75, 3.05) is 5.32 Å². The first-order valence-electron chi connectivity index (χ1n) is 5.72. The van der Waals surface area contributed by atoms with Gasteiger partial charge in [0, 0.05) is 11.8 Å². The van der Waals surface area contributed by atoms with E-state index in [1.165, 1.54) is 0 Å². The van der Waals surface area contributed by atoms with Gasteiger partial charge < -0.3 is 10.1 Å². The van der Waals surface area contributed by atoms with E-state index in [9.17, 15) is 4.79 Å². The van der Waals surface area contributed by atoms with Crippen molar-refractivity contribution < 1.29 is 9.53 Å². The molecule has 94 valence electrons. The van der Waals surface area contributed by atoms with Gasteiger partial charge in [-0.05, 0) is 32.0 Å². The van der Waals surface area contributed by atoms with Crippen LogP contribution in [-0.2, 0) is 0 Å². The average molecular weight is 245 g/mol. The van der Waals surface area contributed by atoms with Gasteiger partial charge in [-0.3, -0.25) is 9.89 Å². The van der Waals surface area contributed by atoms with Gasteiger partial charge in [0.1, 0.15) is 5.75 Å². The Hall–Kier alpha value is -2.30. The molecule has 5 heteroatoms. The molecule has 1 heterocycles. The van der Waals surface area contributed by atoms with Crippen LogP contribution in [0.3, 0.4) is 0 Å². The molecule has 0 saturated heterocycles. The second-order valence-electron chi connectivity index (χ2n) is 4.14. The summed E-state index contributed by atoms with van der Waals surface area (Å²) < 4.78 is 5.54. The molecule has 0 unspecified atom stereocenters. The Morgan fingerprint density at radius 1 is 1.44 bits per heavy atom. The summed E-state index contributed by atoms with van der Waals surface area (Å²) in [5.74, 6) is 0.496. The molecule has 0 radical (unpaired) electrons. The highest BCUT2D eigenvalue weighted by molar-refractivity contribution is 6.04. The smallest absolute Gasteiger partial charge is 0.255 e. The Morgan fingerprint density at radius 3 is 2.94 bits per heavy atom. The van der Waals surface area contributed by atoms with Crippen LogP contribution >= 0.6 is 0 Å². The summed E-state index contributed by atoms with van der Waals surface area (Å²) in [6, 6.07) is 7.08. The quantitative estimate of drug-likeness (QED) is 0.869. The summed E-state index contributed by atoms with van der Waals surface area (Å²) in [6.45, 7) is 3.89. The van der Waals surface area contributed by atoms with E-state index in [1.807, 2.05) is 19.9 Å². The van der Waals surface area contributed by atoms with Gasteiger partial charge in [0.2, 0.25) is 0 Å². The Bertz CT molecular complexity index is 521. The summed E-state index contributed by atoms with van der Waals surface area (Å²) in [7, 11) is 0. The predicted molar refractivity (Wildman–Crippen MR) is 68.7 cm³/mol. The first-order valence-corrected chi connectivity index (χ1v) is 5.72. The molecule has 2 rings (SSSR count). The number of rotatable bonds is 4. The normalized spacial score (nSPS) is 10.4. The fourth-order valence-corrected chi connectivity index (χ4v) is 1.51. The van der Waals surface area contributed by atoms with Crippen molar-refractivity contribution in [3.63, 3.8) is 0 Å². The lowest BCUT2D eigenvalue weighted by molar-refractivity contribution is 0.102. The van der Waals surface area contributed by atoms with Crippen LogP contribution < -0.4 is 10.1 Å². The zero-order chi connectivity index (χ0) is 13.0. The third kappa shape index (κ3) is 3.10. The minimum absolute atomic E-state index is 0.0807. The molecule has 0 aliphatic carbocycles. The largest absolute Gasteiger partial charge is 0.491 e. The minimum atomic E-state index is -0.189. The lowest BCUT2D eigenvalue weighted by Gasteiger charge is -2.10. The maximum absolute atomic E-state index is 11.9. The van der Waals surface area contributed by atoms with E-state index in [-0.39, 0.29) is 12.0 Å². The molecule has 1 aromatic heterocycles. The van der Waals surface area contributed by atoms with Crippen LogP contribution in [0.4, 0.5) is 5.69 Å². The van der Waals surface area contributed by atoms with Crippen molar-refractivity contribution in [1.29, 1.82) is 0 Å². The van der Waals surface area contributed by atoms with Gasteiger partial charge in [0.05, 0.1) is 18.0 Å². The molecule has 0 bridgehead atoms. The van der Waals surface area contributed by atoms with E-state index in [2.05, 4.69) is 15.5 Å². The third-order valence-electron chi connectivity index (χ3n) is 2.22. The number of aromatic nitrogens is 2. The van der Waals surface area contributed by atoms with Crippen molar-refractivity contribution in [2.45, 2.75) is 20.0 Å². The number of nitrogens with zero attached hydrogens (tertiary/aromatic N) is 1. The maximum Gasteiger partial charge on any atom is 0.255 e. The molecule has 2 aromatic rings. The van der Waals surface area contributed by atoms with Gasteiger partial charge in [0.25, 0.3) is 5.91 Å². The monoisotopic (exact) mass is 245 g/mol. The first kappa shape index (κ1) is 12.2. The lowest BCUT2D eigenvalue weighted by atomic mass is 10.2. The van der Waals surface area contributed by atoms with E-state index in [1.54, 1.807) is 30.6 Å². The number of aromatic amines is 1. The molecule has 0 aliphatic rings. The molecule has 1 amide bonds. The van der Waals surface area contributed by atoms with E-state index in [0.29, 0.717) is 17.0 Å². The topological polar surface area (TPSA) is 67.0 Å². The van der Waals surface area contributed by atoms with E-state index in [4.69, 9.17) is 4.74 Å². The molecule has 0 aliphatic heterocycles. The van der Waals surface area contributed by atoms with Crippen LogP contribution in [0.5, 0.6) is 5.75 Å². The van der Waals surface area contributed by atoms with Gasteiger partial charge in [-0.25, -0.2) is 0 Å². The van der Waals surface area contributed by atoms with E-state index < -0.39 is 0 Å². The number of carbonyl (C=O) groups is 1. The summed E-state index contributed by atoms with van der Waals surface area (Å²) in [5.41, 5.74) is 1.18. The number of hydrogen-bond acceptors (Lipinski definition) is 3. The number of amides is 1. The highest BCUT2D eigenvalue weighted by atomic mass is 16.5. The van der Waals surface area contributed by atoms with Crippen LogP contribution in [0.25, 0.3) is 0 Å². The lowest BCUT2D eigenvalue weighted by Crippen LogP contribution is -2.12. The number of H-pyrrole nitrogens is 1. The van der Waals surface area contributed by atoms with Crippen molar-refractivity contribution in [1.82, 2.24) is 10.2 Å². The maximum atomic E-state index is 11.9. The average Bonchev–Trinajstić information content (AvgIpc) is 2.81. The first-order chi connectivity index (χ1) is 8.65. The molecule has 2 N–H and O–H groups in total. The zero-order valence-corrected chi connectivity index (χ0v) is 10.3. The van der Waals surface area contributed by atoms with Gasteiger partial charge in [-0.1, -0.05) is 6.07 Å². The van der Waals surface area contributed by atoms with E-state index in [0.717, 1.165) is 0 Å². The molecule has 0 spiro atoms. The van der Waals surface area contributed by atoms with Crippen LogP contribution in [-0.4, -0.2) is 22.2 Å². The van der Waals surface area contributed by atoms with Crippen molar-refractivity contribution in [2.24, 2.45) is 0 Å². The molecular formula is C13H15N3O2. The summed E-state index contributed by atoms with van der Waals surface area (Å²) in [6.07, 6.45) is 3.25. The number of ether oxygens (including phenoxy) is 1. The summed E-state index contributed by atoms with van der Waals surface area (Å²) in [4.78, 5) is 11.9. The van der Waals surface area contributed by atoms with Crippen molar-refractivity contribution >= 4 is 11.6 Å². The van der Waals surface area contributed by atoms with Crippen molar-refractivity contribution in [3.8, 4) is 5.75 Å². The second kappa shape index (κ2) is 5.35. The zero-order valence-electron chi connectivity index (χ0n) is 10.3. The fourth-order valence-electron chi connectivity index (χ4n) is 1.51. The van der Waals surface area contributed by atoms with Crippen LogP contribution in [0.2, 0.25) is 0 Å². The number of hydrogen-bond donors (Lipinski definition) is 2.